The van der Waals surface area contributed by atoms with E-state index in [-0.39, 0.29) is 0 Å². The Morgan fingerprint density at radius 3 is 2.75 bits per heavy atom. The minimum absolute atomic E-state index is 0.646. The summed E-state index contributed by atoms with van der Waals surface area (Å²) in [6.07, 6.45) is 2.86. The molecule has 0 aliphatic rings. The minimum Gasteiger partial charge on any atom is -0.354 e. The van der Waals surface area contributed by atoms with Crippen molar-refractivity contribution in [3.63, 3.8) is 0 Å². The quantitative estimate of drug-likeness (QED) is 0.752. The van der Waals surface area contributed by atoms with Crippen molar-refractivity contribution in [1.82, 2.24) is 9.97 Å². The maximum Gasteiger partial charge on any atom is 0.224 e. The lowest BCUT2D eigenvalue weighted by atomic mass is 10.3. The molecule has 106 valence electrons. The molecule has 0 aliphatic heterocycles. The molecular formula is C14H16Br2N4. The van der Waals surface area contributed by atoms with Crippen LogP contribution in [-0.4, -0.2) is 16.5 Å². The lowest BCUT2D eigenvalue weighted by molar-refractivity contribution is 0.950. The molecule has 0 aliphatic carbocycles. The summed E-state index contributed by atoms with van der Waals surface area (Å²) in [5, 5.41) is 6.52. The molecular weight excluding hydrogens is 384 g/mol. The number of nitrogens with zero attached hydrogens (tertiary/aromatic N) is 2. The molecule has 0 unspecified atom stereocenters. The van der Waals surface area contributed by atoms with E-state index in [4.69, 9.17) is 0 Å². The summed E-state index contributed by atoms with van der Waals surface area (Å²) in [6, 6.07) is 5.98. The number of anilines is 3. The van der Waals surface area contributed by atoms with Crippen LogP contribution < -0.4 is 10.6 Å². The van der Waals surface area contributed by atoms with Gasteiger partial charge < -0.3 is 10.6 Å². The Labute approximate surface area is 135 Å². The lowest BCUT2D eigenvalue weighted by Crippen LogP contribution is -2.07. The van der Waals surface area contributed by atoms with Crippen LogP contribution in [0.4, 0.5) is 17.5 Å². The minimum atomic E-state index is 0.646. The van der Waals surface area contributed by atoms with Gasteiger partial charge in [-0.05, 0) is 47.5 Å². The van der Waals surface area contributed by atoms with Gasteiger partial charge in [-0.25, -0.2) is 4.98 Å². The van der Waals surface area contributed by atoms with E-state index >= 15 is 0 Å². The largest absolute Gasteiger partial charge is 0.354 e. The van der Waals surface area contributed by atoms with Gasteiger partial charge in [0.2, 0.25) is 5.95 Å². The number of benzene rings is 1. The van der Waals surface area contributed by atoms with Gasteiger partial charge in [-0.15, -0.1) is 0 Å². The summed E-state index contributed by atoms with van der Waals surface area (Å²) in [4.78, 5) is 8.78. The van der Waals surface area contributed by atoms with Crippen LogP contribution in [-0.2, 0) is 0 Å². The summed E-state index contributed by atoms with van der Waals surface area (Å²) in [5.41, 5.74) is 1.97. The first-order valence-electron chi connectivity index (χ1n) is 6.39. The van der Waals surface area contributed by atoms with E-state index in [9.17, 15) is 0 Å². The molecule has 6 heteroatoms. The van der Waals surface area contributed by atoms with Crippen LogP contribution >= 0.6 is 31.9 Å². The molecule has 0 bridgehead atoms. The van der Waals surface area contributed by atoms with E-state index in [0.717, 1.165) is 39.0 Å². The van der Waals surface area contributed by atoms with Crippen molar-refractivity contribution in [2.75, 3.05) is 17.2 Å². The number of aryl methyl sites for hydroxylation is 1. The molecule has 2 N–H and O–H groups in total. The molecule has 20 heavy (non-hydrogen) atoms. The maximum atomic E-state index is 4.50. The Kier molecular flexibility index (Phi) is 5.37. The lowest BCUT2D eigenvalue weighted by Gasteiger charge is -2.12. The number of hydrogen-bond acceptors (Lipinski definition) is 4. The van der Waals surface area contributed by atoms with Gasteiger partial charge in [0.15, 0.2) is 0 Å². The van der Waals surface area contributed by atoms with Gasteiger partial charge in [0.05, 0.1) is 5.69 Å². The molecule has 1 aromatic carbocycles. The molecule has 2 aromatic rings. The highest BCUT2D eigenvalue weighted by molar-refractivity contribution is 9.11. The van der Waals surface area contributed by atoms with Crippen molar-refractivity contribution in [1.29, 1.82) is 0 Å². The summed E-state index contributed by atoms with van der Waals surface area (Å²) in [5.74, 6) is 1.45. The molecule has 0 radical (unpaired) electrons. The second-order valence-corrected chi connectivity index (χ2v) is 6.17. The van der Waals surface area contributed by atoms with Crippen LogP contribution in [0.15, 0.2) is 33.3 Å². The van der Waals surface area contributed by atoms with Gasteiger partial charge in [0.25, 0.3) is 0 Å². The van der Waals surface area contributed by atoms with Crippen LogP contribution in [0.3, 0.4) is 0 Å². The summed E-state index contributed by atoms with van der Waals surface area (Å²) in [7, 11) is 0. The second kappa shape index (κ2) is 7.04. The van der Waals surface area contributed by atoms with Crippen LogP contribution in [0.1, 0.15) is 18.9 Å². The normalized spacial score (nSPS) is 10.4. The van der Waals surface area contributed by atoms with Crippen molar-refractivity contribution < 1.29 is 0 Å². The molecule has 0 amide bonds. The molecule has 0 spiro atoms. The van der Waals surface area contributed by atoms with Crippen molar-refractivity contribution >= 4 is 49.3 Å². The fraction of sp³-hybridized carbons (Fsp3) is 0.286. The van der Waals surface area contributed by atoms with Gasteiger partial charge in [-0.3, -0.25) is 0 Å². The van der Waals surface area contributed by atoms with Crippen molar-refractivity contribution in [3.05, 3.63) is 38.9 Å². The van der Waals surface area contributed by atoms with Crippen molar-refractivity contribution in [2.45, 2.75) is 20.3 Å². The molecule has 0 saturated heterocycles. The Morgan fingerprint density at radius 2 is 2.05 bits per heavy atom. The first-order valence-corrected chi connectivity index (χ1v) is 7.98. The van der Waals surface area contributed by atoms with Gasteiger partial charge in [-0.2, -0.15) is 4.98 Å². The van der Waals surface area contributed by atoms with Crippen molar-refractivity contribution in [2.24, 2.45) is 0 Å². The summed E-state index contributed by atoms with van der Waals surface area (Å²) < 4.78 is 2.01. The highest BCUT2D eigenvalue weighted by Gasteiger charge is 2.06. The predicted octanol–water partition coefficient (Wildman–Crippen LogP) is 4.88. The SMILES string of the molecule is CCCNc1ncc(C)c(Nc2ccc(Br)cc2Br)n1. The van der Waals surface area contributed by atoms with Crippen molar-refractivity contribution in [3.8, 4) is 0 Å². The number of aromatic nitrogens is 2. The summed E-state index contributed by atoms with van der Waals surface area (Å²) >= 11 is 6.98. The van der Waals surface area contributed by atoms with E-state index in [1.807, 2.05) is 31.3 Å². The number of nitrogens with one attached hydrogen (secondary N) is 2. The van der Waals surface area contributed by atoms with E-state index in [0.29, 0.717) is 5.95 Å². The highest BCUT2D eigenvalue weighted by atomic mass is 79.9. The Morgan fingerprint density at radius 1 is 1.25 bits per heavy atom. The maximum absolute atomic E-state index is 4.50. The average molecular weight is 400 g/mol. The highest BCUT2D eigenvalue weighted by Crippen LogP contribution is 2.29. The zero-order valence-electron chi connectivity index (χ0n) is 11.4. The Hall–Kier alpha value is -1.14. The number of rotatable bonds is 5. The Balaban J connectivity index is 2.23. The van der Waals surface area contributed by atoms with E-state index in [2.05, 4.69) is 59.4 Å². The van der Waals surface area contributed by atoms with Crippen LogP contribution in [0.25, 0.3) is 0 Å². The predicted molar refractivity (Wildman–Crippen MR) is 90.7 cm³/mol. The molecule has 4 nitrogen and oxygen atoms in total. The van der Waals surface area contributed by atoms with E-state index < -0.39 is 0 Å². The van der Waals surface area contributed by atoms with Crippen LogP contribution in [0, 0.1) is 6.92 Å². The fourth-order valence-corrected chi connectivity index (χ4v) is 2.76. The van der Waals surface area contributed by atoms with E-state index in [1.54, 1.807) is 0 Å². The zero-order chi connectivity index (χ0) is 14.5. The third-order valence-electron chi connectivity index (χ3n) is 2.69. The summed E-state index contributed by atoms with van der Waals surface area (Å²) in [6.45, 7) is 4.96. The third kappa shape index (κ3) is 3.93. The van der Waals surface area contributed by atoms with Gasteiger partial charge in [0, 0.05) is 27.3 Å². The standard InChI is InChI=1S/C14H16Br2N4/c1-3-6-17-14-18-8-9(2)13(20-14)19-12-5-4-10(15)7-11(12)16/h4-5,7-8H,3,6H2,1-2H3,(H2,17,18,19,20). The zero-order valence-corrected chi connectivity index (χ0v) is 14.5. The second-order valence-electron chi connectivity index (χ2n) is 4.40. The topological polar surface area (TPSA) is 49.8 Å². The first kappa shape index (κ1) is 15.3. The van der Waals surface area contributed by atoms with Gasteiger partial charge in [-0.1, -0.05) is 22.9 Å². The molecule has 2 rings (SSSR count). The molecule has 1 heterocycles. The van der Waals surface area contributed by atoms with Gasteiger partial charge >= 0.3 is 0 Å². The monoisotopic (exact) mass is 398 g/mol. The van der Waals surface area contributed by atoms with Crippen LogP contribution in [0.2, 0.25) is 0 Å². The number of halogens is 2. The third-order valence-corrected chi connectivity index (χ3v) is 3.84. The average Bonchev–Trinajstić information content (AvgIpc) is 2.42. The first-order chi connectivity index (χ1) is 9.60. The molecule has 0 atom stereocenters. The number of hydrogen-bond donors (Lipinski definition) is 2. The molecule has 1 aromatic heterocycles. The van der Waals surface area contributed by atoms with E-state index in [1.165, 1.54) is 0 Å². The molecule has 0 fully saturated rings. The molecule has 0 saturated carbocycles. The Bertz CT molecular complexity index is 602. The fourth-order valence-electron chi connectivity index (χ4n) is 1.61. The smallest absolute Gasteiger partial charge is 0.224 e. The van der Waals surface area contributed by atoms with Crippen LogP contribution in [0.5, 0.6) is 0 Å². The van der Waals surface area contributed by atoms with Gasteiger partial charge in [0.1, 0.15) is 5.82 Å².